The van der Waals surface area contributed by atoms with Gasteiger partial charge in [0.2, 0.25) is 0 Å². The molecule has 1 fully saturated rings. The number of nitrogens with one attached hydrogen (secondary N) is 2. The molecule has 5 nitrogen and oxygen atoms in total. The van der Waals surface area contributed by atoms with E-state index in [-0.39, 0.29) is 0 Å². The quantitative estimate of drug-likeness (QED) is 0.868. The molecule has 1 saturated heterocycles. The highest BCUT2D eigenvalue weighted by atomic mass is 16.6. The van der Waals surface area contributed by atoms with E-state index in [1.807, 2.05) is 39.0 Å². The Morgan fingerprint density at radius 3 is 2.54 bits per heavy atom. The standard InChI is InChI=1S/C19H30N2O3/c1-13(14-8-10-20-11-9-14)16-12-15(6-7-17(16)23-5)21-18(22)24-19(2,3)4/h6-7,12-14,20H,8-11H2,1-5H3,(H,21,22). The molecule has 5 heteroatoms. The minimum atomic E-state index is -0.512. The van der Waals surface area contributed by atoms with Crippen molar-refractivity contribution in [2.45, 2.75) is 52.1 Å². The van der Waals surface area contributed by atoms with Gasteiger partial charge in [-0.05, 0) is 82.3 Å². The van der Waals surface area contributed by atoms with Gasteiger partial charge in [-0.1, -0.05) is 6.92 Å². The van der Waals surface area contributed by atoms with Gasteiger partial charge in [0.15, 0.2) is 0 Å². The first-order chi connectivity index (χ1) is 11.3. The Morgan fingerprint density at radius 1 is 1.29 bits per heavy atom. The number of hydrogen-bond acceptors (Lipinski definition) is 4. The molecule has 1 aliphatic rings. The monoisotopic (exact) mass is 334 g/mol. The molecule has 0 aliphatic carbocycles. The summed E-state index contributed by atoms with van der Waals surface area (Å²) in [5, 5.41) is 6.22. The van der Waals surface area contributed by atoms with Crippen molar-refractivity contribution in [2.24, 2.45) is 5.92 Å². The molecule has 0 bridgehead atoms. The number of amides is 1. The summed E-state index contributed by atoms with van der Waals surface area (Å²) in [7, 11) is 1.69. The van der Waals surface area contributed by atoms with Crippen LogP contribution in [0.4, 0.5) is 10.5 Å². The third-order valence-corrected chi connectivity index (χ3v) is 4.46. The maximum absolute atomic E-state index is 12.0. The van der Waals surface area contributed by atoms with Crippen LogP contribution in [0.5, 0.6) is 5.75 Å². The molecule has 2 N–H and O–H groups in total. The van der Waals surface area contributed by atoms with Gasteiger partial charge in [-0.2, -0.15) is 0 Å². The molecule has 0 radical (unpaired) electrons. The van der Waals surface area contributed by atoms with Gasteiger partial charge < -0.3 is 14.8 Å². The fourth-order valence-corrected chi connectivity index (χ4v) is 3.19. The molecule has 1 unspecified atom stereocenters. The van der Waals surface area contributed by atoms with Gasteiger partial charge in [-0.15, -0.1) is 0 Å². The summed E-state index contributed by atoms with van der Waals surface area (Å²) in [6.45, 7) is 9.92. The number of ether oxygens (including phenoxy) is 2. The number of carbonyl (C=O) groups excluding carboxylic acids is 1. The Morgan fingerprint density at radius 2 is 1.96 bits per heavy atom. The van der Waals surface area contributed by atoms with E-state index in [1.54, 1.807) is 7.11 Å². The highest BCUT2D eigenvalue weighted by Gasteiger charge is 2.24. The number of hydrogen-bond donors (Lipinski definition) is 2. The van der Waals surface area contributed by atoms with Gasteiger partial charge in [0.25, 0.3) is 0 Å². The Balaban J connectivity index is 2.16. The van der Waals surface area contributed by atoms with Gasteiger partial charge in [0, 0.05) is 5.69 Å². The number of anilines is 1. The third kappa shape index (κ3) is 5.13. The van der Waals surface area contributed by atoms with Crippen molar-refractivity contribution in [1.82, 2.24) is 5.32 Å². The molecule has 24 heavy (non-hydrogen) atoms. The SMILES string of the molecule is COc1ccc(NC(=O)OC(C)(C)C)cc1C(C)C1CCNCC1. The zero-order valence-corrected chi connectivity index (χ0v) is 15.4. The van der Waals surface area contributed by atoms with E-state index in [4.69, 9.17) is 9.47 Å². The van der Waals surface area contributed by atoms with Crippen molar-refractivity contribution in [3.8, 4) is 5.75 Å². The highest BCUT2D eigenvalue weighted by Crippen LogP contribution is 2.37. The summed E-state index contributed by atoms with van der Waals surface area (Å²) in [5.74, 6) is 1.87. The van der Waals surface area contributed by atoms with Crippen LogP contribution in [0.3, 0.4) is 0 Å². The molecule has 1 atom stereocenters. The van der Waals surface area contributed by atoms with Crippen molar-refractivity contribution in [3.63, 3.8) is 0 Å². The van der Waals surface area contributed by atoms with Crippen LogP contribution >= 0.6 is 0 Å². The Hall–Kier alpha value is -1.75. The summed E-state index contributed by atoms with van der Waals surface area (Å²) in [6.07, 6.45) is 1.88. The minimum absolute atomic E-state index is 0.377. The predicted octanol–water partition coefficient (Wildman–Crippen LogP) is 4.15. The number of piperidine rings is 1. The summed E-state index contributed by atoms with van der Waals surface area (Å²) in [5.41, 5.74) is 1.36. The van der Waals surface area contributed by atoms with Crippen LogP contribution in [-0.2, 0) is 4.74 Å². The molecule has 0 saturated carbocycles. The Labute approximate surface area is 145 Å². The molecule has 134 valence electrons. The first-order valence-electron chi connectivity index (χ1n) is 8.69. The summed E-state index contributed by atoms with van der Waals surface area (Å²) >= 11 is 0. The molecular weight excluding hydrogens is 304 g/mol. The van der Waals surface area contributed by atoms with Crippen LogP contribution in [-0.4, -0.2) is 31.9 Å². The number of rotatable bonds is 4. The average Bonchev–Trinajstić information content (AvgIpc) is 2.53. The third-order valence-electron chi connectivity index (χ3n) is 4.46. The van der Waals surface area contributed by atoms with Crippen LogP contribution in [0.25, 0.3) is 0 Å². The maximum atomic E-state index is 12.0. The van der Waals surface area contributed by atoms with Crippen molar-refractivity contribution >= 4 is 11.8 Å². The van der Waals surface area contributed by atoms with E-state index in [9.17, 15) is 4.79 Å². The Bertz CT molecular complexity index is 560. The van der Waals surface area contributed by atoms with E-state index in [0.29, 0.717) is 11.8 Å². The minimum Gasteiger partial charge on any atom is -0.496 e. The van der Waals surface area contributed by atoms with Gasteiger partial charge in [-0.25, -0.2) is 4.79 Å². The summed E-state index contributed by atoms with van der Waals surface area (Å²) in [6, 6.07) is 5.77. The first-order valence-corrected chi connectivity index (χ1v) is 8.69. The van der Waals surface area contributed by atoms with Crippen LogP contribution in [0.1, 0.15) is 52.0 Å². The second-order valence-electron chi connectivity index (χ2n) is 7.46. The van der Waals surface area contributed by atoms with E-state index < -0.39 is 11.7 Å². The molecule has 0 aromatic heterocycles. The van der Waals surface area contributed by atoms with E-state index >= 15 is 0 Å². The van der Waals surface area contributed by atoms with Crippen LogP contribution in [0.15, 0.2) is 18.2 Å². The van der Waals surface area contributed by atoms with Crippen molar-refractivity contribution in [1.29, 1.82) is 0 Å². The molecule has 0 spiro atoms. The lowest BCUT2D eigenvalue weighted by Crippen LogP contribution is -2.30. The zero-order chi connectivity index (χ0) is 17.7. The van der Waals surface area contributed by atoms with Crippen LogP contribution in [0.2, 0.25) is 0 Å². The molecule has 1 amide bonds. The van der Waals surface area contributed by atoms with Gasteiger partial charge in [0.05, 0.1) is 7.11 Å². The largest absolute Gasteiger partial charge is 0.496 e. The van der Waals surface area contributed by atoms with E-state index in [1.165, 1.54) is 0 Å². The number of methoxy groups -OCH3 is 1. The first kappa shape index (κ1) is 18.6. The topological polar surface area (TPSA) is 59.6 Å². The van der Waals surface area contributed by atoms with Crippen molar-refractivity contribution in [3.05, 3.63) is 23.8 Å². The van der Waals surface area contributed by atoms with Crippen molar-refractivity contribution < 1.29 is 14.3 Å². The molecule has 2 rings (SSSR count). The smallest absolute Gasteiger partial charge is 0.412 e. The normalized spacial score (nSPS) is 17.2. The van der Waals surface area contributed by atoms with Crippen LogP contribution < -0.4 is 15.4 Å². The van der Waals surface area contributed by atoms with Gasteiger partial charge in [0.1, 0.15) is 11.4 Å². The Kier molecular flexibility index (Phi) is 6.10. The second-order valence-corrected chi connectivity index (χ2v) is 7.46. The summed E-state index contributed by atoms with van der Waals surface area (Å²) < 4.78 is 10.9. The summed E-state index contributed by atoms with van der Waals surface area (Å²) in [4.78, 5) is 12.0. The lowest BCUT2D eigenvalue weighted by molar-refractivity contribution is 0.0636. The molecule has 1 aromatic carbocycles. The van der Waals surface area contributed by atoms with E-state index in [0.717, 1.165) is 42.9 Å². The molecule has 1 aliphatic heterocycles. The van der Waals surface area contributed by atoms with E-state index in [2.05, 4.69) is 17.6 Å². The number of carbonyl (C=O) groups is 1. The van der Waals surface area contributed by atoms with Gasteiger partial charge >= 0.3 is 6.09 Å². The number of benzene rings is 1. The second kappa shape index (κ2) is 7.88. The average molecular weight is 334 g/mol. The van der Waals surface area contributed by atoms with Crippen LogP contribution in [0, 0.1) is 5.92 Å². The predicted molar refractivity (Wildman–Crippen MR) is 96.9 cm³/mol. The van der Waals surface area contributed by atoms with Gasteiger partial charge in [-0.3, -0.25) is 5.32 Å². The molecule has 1 aromatic rings. The molecular formula is C19H30N2O3. The zero-order valence-electron chi connectivity index (χ0n) is 15.4. The fraction of sp³-hybridized carbons (Fsp3) is 0.632. The van der Waals surface area contributed by atoms with Crippen molar-refractivity contribution in [2.75, 3.05) is 25.5 Å². The lowest BCUT2D eigenvalue weighted by Gasteiger charge is -2.29. The highest BCUT2D eigenvalue weighted by molar-refractivity contribution is 5.85. The maximum Gasteiger partial charge on any atom is 0.412 e. The lowest BCUT2D eigenvalue weighted by atomic mass is 9.81. The fourth-order valence-electron chi connectivity index (χ4n) is 3.19. The molecule has 1 heterocycles.